The number of ether oxygens (including phenoxy) is 2. The van der Waals surface area contributed by atoms with Gasteiger partial charge in [-0.1, -0.05) is 31.9 Å². The van der Waals surface area contributed by atoms with Gasteiger partial charge >= 0.3 is 0 Å². The van der Waals surface area contributed by atoms with E-state index in [1.54, 1.807) is 7.11 Å². The van der Waals surface area contributed by atoms with E-state index in [1.165, 1.54) is 31.2 Å². The Morgan fingerprint density at radius 1 is 1.33 bits per heavy atom. The summed E-state index contributed by atoms with van der Waals surface area (Å²) >= 11 is 0. The molecule has 1 saturated heterocycles. The largest absolute Gasteiger partial charge is 0.497 e. The molecule has 0 N–H and O–H groups in total. The predicted molar refractivity (Wildman–Crippen MR) is 84.7 cm³/mol. The lowest BCUT2D eigenvalue weighted by atomic mass is 9.83. The van der Waals surface area contributed by atoms with E-state index in [2.05, 4.69) is 37.1 Å². The lowest BCUT2D eigenvalue weighted by Crippen LogP contribution is -2.58. The summed E-state index contributed by atoms with van der Waals surface area (Å²) in [6.45, 7) is 3.20. The minimum absolute atomic E-state index is 0.193. The van der Waals surface area contributed by atoms with E-state index in [9.17, 15) is 0 Å². The molecule has 116 valence electrons. The first-order chi connectivity index (χ1) is 10.2. The number of benzene rings is 1. The van der Waals surface area contributed by atoms with Gasteiger partial charge in [0, 0.05) is 12.6 Å². The number of methoxy groups -OCH3 is 1. The Hall–Kier alpha value is -1.06. The second kappa shape index (κ2) is 5.98. The van der Waals surface area contributed by atoms with Crippen LogP contribution in [0.1, 0.15) is 44.6 Å². The van der Waals surface area contributed by atoms with Crippen molar-refractivity contribution in [2.75, 3.05) is 20.7 Å². The van der Waals surface area contributed by atoms with E-state index in [1.807, 2.05) is 6.07 Å². The normalized spacial score (nSPS) is 33.5. The lowest BCUT2D eigenvalue weighted by molar-refractivity contribution is -0.192. The van der Waals surface area contributed by atoms with Crippen molar-refractivity contribution in [3.8, 4) is 5.75 Å². The van der Waals surface area contributed by atoms with Crippen LogP contribution in [-0.4, -0.2) is 37.7 Å². The summed E-state index contributed by atoms with van der Waals surface area (Å²) < 4.78 is 12.1. The van der Waals surface area contributed by atoms with E-state index >= 15 is 0 Å². The molecule has 3 heteroatoms. The molecular formula is C18H27NO2. The highest BCUT2D eigenvalue weighted by atomic mass is 16.5. The van der Waals surface area contributed by atoms with Crippen LogP contribution in [0.5, 0.6) is 5.75 Å². The monoisotopic (exact) mass is 289 g/mol. The Labute approximate surface area is 128 Å². The number of rotatable bonds is 3. The van der Waals surface area contributed by atoms with Crippen molar-refractivity contribution < 1.29 is 9.47 Å². The number of morpholine rings is 1. The predicted octanol–water partition coefficient (Wildman–Crippen LogP) is 3.57. The average molecular weight is 289 g/mol. The molecule has 1 aliphatic heterocycles. The second-order valence-electron chi connectivity index (χ2n) is 6.50. The Morgan fingerprint density at radius 3 is 2.90 bits per heavy atom. The topological polar surface area (TPSA) is 21.7 Å². The molecule has 0 radical (unpaired) electrons. The number of hydrogen-bond donors (Lipinski definition) is 0. The van der Waals surface area contributed by atoms with E-state index in [0.29, 0.717) is 12.1 Å². The second-order valence-corrected chi connectivity index (χ2v) is 6.50. The minimum atomic E-state index is -0.193. The smallest absolute Gasteiger partial charge is 0.119 e. The summed E-state index contributed by atoms with van der Waals surface area (Å²) in [5.41, 5.74) is 1.06. The van der Waals surface area contributed by atoms with Crippen molar-refractivity contribution in [2.45, 2.75) is 56.8 Å². The maximum atomic E-state index is 6.69. The van der Waals surface area contributed by atoms with Gasteiger partial charge in [0.05, 0.1) is 13.2 Å². The van der Waals surface area contributed by atoms with Crippen molar-refractivity contribution in [3.63, 3.8) is 0 Å². The third kappa shape index (κ3) is 2.69. The first kappa shape index (κ1) is 14.9. The standard InChI is InChI=1S/C18H27NO2/c1-4-18(14-8-7-9-15(12-14)20-3)13-19(2)16-10-5-6-11-17(16)21-18/h7-9,12,16-17H,4-6,10-11,13H2,1-3H3. The third-order valence-electron chi connectivity index (χ3n) is 5.28. The summed E-state index contributed by atoms with van der Waals surface area (Å²) in [6, 6.07) is 9.00. The van der Waals surface area contributed by atoms with Crippen molar-refractivity contribution >= 4 is 0 Å². The Bertz CT molecular complexity index is 490. The SMILES string of the molecule is CCC1(c2cccc(OC)c2)CN(C)C2CCCCC2O1. The van der Waals surface area contributed by atoms with Gasteiger partial charge in [-0.05, 0) is 44.0 Å². The molecule has 0 bridgehead atoms. The van der Waals surface area contributed by atoms with E-state index in [4.69, 9.17) is 9.47 Å². The molecule has 1 heterocycles. The zero-order valence-corrected chi connectivity index (χ0v) is 13.5. The fourth-order valence-corrected chi connectivity index (χ4v) is 4.03. The molecule has 1 aromatic rings. The number of nitrogens with zero attached hydrogens (tertiary/aromatic N) is 1. The van der Waals surface area contributed by atoms with Crippen LogP contribution in [0.15, 0.2) is 24.3 Å². The quantitative estimate of drug-likeness (QED) is 0.849. The van der Waals surface area contributed by atoms with E-state index in [0.717, 1.165) is 18.7 Å². The number of hydrogen-bond acceptors (Lipinski definition) is 3. The number of likely N-dealkylation sites (N-methyl/N-ethyl adjacent to an activating group) is 1. The first-order valence-electron chi connectivity index (χ1n) is 8.21. The van der Waals surface area contributed by atoms with Crippen molar-refractivity contribution in [1.82, 2.24) is 4.90 Å². The van der Waals surface area contributed by atoms with Crippen LogP contribution in [0, 0.1) is 0 Å². The molecule has 0 aromatic heterocycles. The highest BCUT2D eigenvalue weighted by molar-refractivity contribution is 5.33. The zero-order chi connectivity index (χ0) is 14.9. The van der Waals surface area contributed by atoms with Crippen LogP contribution in [0.4, 0.5) is 0 Å². The fraction of sp³-hybridized carbons (Fsp3) is 0.667. The molecule has 0 amide bonds. The molecule has 3 nitrogen and oxygen atoms in total. The van der Waals surface area contributed by atoms with E-state index in [-0.39, 0.29) is 5.60 Å². The van der Waals surface area contributed by atoms with Crippen LogP contribution < -0.4 is 4.74 Å². The van der Waals surface area contributed by atoms with Crippen molar-refractivity contribution in [2.24, 2.45) is 0 Å². The molecule has 1 saturated carbocycles. The molecule has 3 unspecified atom stereocenters. The molecule has 1 aliphatic carbocycles. The maximum Gasteiger partial charge on any atom is 0.119 e. The molecule has 2 fully saturated rings. The summed E-state index contributed by atoms with van der Waals surface area (Å²) in [7, 11) is 3.98. The Balaban J connectivity index is 1.92. The molecule has 3 atom stereocenters. The van der Waals surface area contributed by atoms with Gasteiger partial charge in [-0.2, -0.15) is 0 Å². The van der Waals surface area contributed by atoms with Gasteiger partial charge in [0.25, 0.3) is 0 Å². The molecule has 2 aliphatic rings. The summed E-state index contributed by atoms with van der Waals surface area (Å²) in [6.07, 6.45) is 6.48. The third-order valence-corrected chi connectivity index (χ3v) is 5.28. The summed E-state index contributed by atoms with van der Waals surface area (Å²) in [5.74, 6) is 0.914. The summed E-state index contributed by atoms with van der Waals surface area (Å²) in [4.78, 5) is 2.52. The van der Waals surface area contributed by atoms with Gasteiger partial charge < -0.3 is 9.47 Å². The highest BCUT2D eigenvalue weighted by Gasteiger charge is 2.45. The van der Waals surface area contributed by atoms with Crippen LogP contribution in [0.3, 0.4) is 0 Å². The van der Waals surface area contributed by atoms with Gasteiger partial charge in [0.2, 0.25) is 0 Å². The molecular weight excluding hydrogens is 262 g/mol. The van der Waals surface area contributed by atoms with Crippen molar-refractivity contribution in [3.05, 3.63) is 29.8 Å². The van der Waals surface area contributed by atoms with Crippen LogP contribution in [0.25, 0.3) is 0 Å². The summed E-state index contributed by atoms with van der Waals surface area (Å²) in [5, 5.41) is 0. The van der Waals surface area contributed by atoms with Gasteiger partial charge in [0.1, 0.15) is 11.4 Å². The van der Waals surface area contributed by atoms with Gasteiger partial charge in [-0.15, -0.1) is 0 Å². The van der Waals surface area contributed by atoms with Crippen LogP contribution in [0.2, 0.25) is 0 Å². The van der Waals surface area contributed by atoms with Gasteiger partial charge in [-0.25, -0.2) is 0 Å². The average Bonchev–Trinajstić information content (AvgIpc) is 2.54. The molecule has 21 heavy (non-hydrogen) atoms. The molecule has 3 rings (SSSR count). The molecule has 0 spiro atoms. The number of fused-ring (bicyclic) bond motifs is 1. The van der Waals surface area contributed by atoms with E-state index < -0.39 is 0 Å². The highest BCUT2D eigenvalue weighted by Crippen LogP contribution is 2.41. The maximum absolute atomic E-state index is 6.69. The van der Waals surface area contributed by atoms with Crippen LogP contribution in [-0.2, 0) is 10.3 Å². The zero-order valence-electron chi connectivity index (χ0n) is 13.5. The first-order valence-corrected chi connectivity index (χ1v) is 8.21. The van der Waals surface area contributed by atoms with Gasteiger partial charge in [0.15, 0.2) is 0 Å². The van der Waals surface area contributed by atoms with Crippen molar-refractivity contribution in [1.29, 1.82) is 0 Å². The van der Waals surface area contributed by atoms with Crippen LogP contribution >= 0.6 is 0 Å². The Kier molecular flexibility index (Phi) is 4.23. The molecule has 1 aromatic carbocycles. The van der Waals surface area contributed by atoms with Gasteiger partial charge in [-0.3, -0.25) is 4.90 Å². The Morgan fingerprint density at radius 2 is 2.14 bits per heavy atom. The fourth-order valence-electron chi connectivity index (χ4n) is 4.03. The minimum Gasteiger partial charge on any atom is -0.497 e. The lowest BCUT2D eigenvalue weighted by Gasteiger charge is -2.51.